The number of thioether (sulfide) groups is 1. The Hall–Kier alpha value is -1.30. The monoisotopic (exact) mass is 249 g/mol. The summed E-state index contributed by atoms with van der Waals surface area (Å²) in [5.41, 5.74) is 0. The van der Waals surface area contributed by atoms with Crippen LogP contribution in [0.25, 0.3) is 0 Å². The van der Waals surface area contributed by atoms with E-state index in [9.17, 15) is 18.0 Å². The van der Waals surface area contributed by atoms with Gasteiger partial charge in [0.1, 0.15) is 0 Å². The summed E-state index contributed by atoms with van der Waals surface area (Å²) in [7, 11) is 0. The van der Waals surface area contributed by atoms with Crippen molar-refractivity contribution in [2.75, 3.05) is 0 Å². The molecule has 0 fully saturated rings. The SMILES string of the molecule is C=C(/N=C\C=C/C)SC(=O)CC(F)=C(F)F. The van der Waals surface area contributed by atoms with E-state index in [1.165, 1.54) is 6.21 Å². The molecule has 2 nitrogen and oxygen atoms in total. The zero-order valence-corrected chi connectivity index (χ0v) is 9.36. The van der Waals surface area contributed by atoms with Crippen molar-refractivity contribution >= 4 is 23.1 Å². The Labute approximate surface area is 95.6 Å². The van der Waals surface area contributed by atoms with Crippen molar-refractivity contribution in [1.82, 2.24) is 0 Å². The molecule has 0 aliphatic rings. The molecular formula is C10H10F3NOS. The van der Waals surface area contributed by atoms with Gasteiger partial charge >= 0.3 is 6.08 Å². The Kier molecular flexibility index (Phi) is 7.28. The minimum atomic E-state index is -2.48. The number of rotatable bonds is 5. The van der Waals surface area contributed by atoms with E-state index in [0.29, 0.717) is 11.8 Å². The molecule has 0 aromatic carbocycles. The Morgan fingerprint density at radius 2 is 2.06 bits per heavy atom. The van der Waals surface area contributed by atoms with Crippen LogP contribution in [-0.4, -0.2) is 11.3 Å². The fourth-order valence-electron chi connectivity index (χ4n) is 0.600. The van der Waals surface area contributed by atoms with E-state index in [0.717, 1.165) is 0 Å². The first-order chi connectivity index (χ1) is 7.47. The molecule has 0 amide bonds. The summed E-state index contributed by atoms with van der Waals surface area (Å²) in [6, 6.07) is 0. The van der Waals surface area contributed by atoms with Crippen LogP contribution in [-0.2, 0) is 4.79 Å². The Morgan fingerprint density at radius 3 is 2.56 bits per heavy atom. The second kappa shape index (κ2) is 7.92. The summed E-state index contributed by atoms with van der Waals surface area (Å²) in [5, 5.41) is -0.650. The van der Waals surface area contributed by atoms with Crippen LogP contribution >= 0.6 is 11.8 Å². The van der Waals surface area contributed by atoms with Gasteiger partial charge in [0.05, 0.1) is 11.4 Å². The second-order valence-corrected chi connectivity index (χ2v) is 3.64. The molecule has 0 saturated carbocycles. The first-order valence-electron chi connectivity index (χ1n) is 4.22. The van der Waals surface area contributed by atoms with Crippen molar-refractivity contribution in [2.45, 2.75) is 13.3 Å². The number of aliphatic imine (C=N–C) groups is 1. The Balaban J connectivity index is 4.17. The maximum absolute atomic E-state index is 12.3. The number of halogens is 3. The van der Waals surface area contributed by atoms with Crippen molar-refractivity contribution in [3.8, 4) is 0 Å². The zero-order valence-electron chi connectivity index (χ0n) is 8.54. The highest BCUT2D eigenvalue weighted by atomic mass is 32.2. The quantitative estimate of drug-likeness (QED) is 0.693. The van der Waals surface area contributed by atoms with Crippen LogP contribution in [0.3, 0.4) is 0 Å². The lowest BCUT2D eigenvalue weighted by Gasteiger charge is -1.97. The molecule has 0 N–H and O–H groups in total. The van der Waals surface area contributed by atoms with Crippen molar-refractivity contribution < 1.29 is 18.0 Å². The van der Waals surface area contributed by atoms with Crippen LogP contribution < -0.4 is 0 Å². The van der Waals surface area contributed by atoms with Gasteiger partial charge in [0.15, 0.2) is 5.83 Å². The molecule has 0 aromatic rings. The van der Waals surface area contributed by atoms with Gasteiger partial charge in [0.2, 0.25) is 5.12 Å². The maximum atomic E-state index is 12.3. The van der Waals surface area contributed by atoms with E-state index in [1.54, 1.807) is 19.1 Å². The number of carbonyl (C=O) groups is 1. The highest BCUT2D eigenvalue weighted by molar-refractivity contribution is 8.16. The molecule has 0 rings (SSSR count). The molecule has 6 heteroatoms. The average molecular weight is 249 g/mol. The highest BCUT2D eigenvalue weighted by Crippen LogP contribution is 2.22. The summed E-state index contributed by atoms with van der Waals surface area (Å²) < 4.78 is 35.7. The van der Waals surface area contributed by atoms with Crippen molar-refractivity contribution in [3.05, 3.63) is 35.7 Å². The summed E-state index contributed by atoms with van der Waals surface area (Å²) in [5.74, 6) is -1.72. The van der Waals surface area contributed by atoms with Crippen LogP contribution in [0.15, 0.2) is 40.7 Å². The van der Waals surface area contributed by atoms with Crippen molar-refractivity contribution in [2.24, 2.45) is 4.99 Å². The standard InChI is InChI=1S/C10H10F3NOS/c1-3-4-5-14-7(2)16-9(15)6-8(11)10(12)13/h3-5H,2,6H2,1H3/b4-3-,14-5-. The smallest absolute Gasteiger partial charge is 0.286 e. The lowest BCUT2D eigenvalue weighted by Crippen LogP contribution is -1.92. The Morgan fingerprint density at radius 1 is 1.44 bits per heavy atom. The summed E-state index contributed by atoms with van der Waals surface area (Å²) >= 11 is 0.523. The van der Waals surface area contributed by atoms with E-state index in [1.807, 2.05) is 0 Å². The fourth-order valence-corrected chi connectivity index (χ4v) is 1.17. The van der Waals surface area contributed by atoms with Crippen molar-refractivity contribution in [1.29, 1.82) is 0 Å². The number of allylic oxidation sites excluding steroid dienone is 3. The third-order valence-electron chi connectivity index (χ3n) is 1.23. The predicted octanol–water partition coefficient (Wildman–Crippen LogP) is 3.83. The highest BCUT2D eigenvalue weighted by Gasteiger charge is 2.12. The molecule has 0 atom stereocenters. The maximum Gasteiger partial charge on any atom is 0.301 e. The average Bonchev–Trinajstić information content (AvgIpc) is 2.17. The number of carbonyl (C=O) groups excluding carboxylic acids is 1. The Bertz CT molecular complexity index is 357. The zero-order chi connectivity index (χ0) is 12.6. The number of hydrogen-bond acceptors (Lipinski definition) is 3. The molecule has 0 aromatic heterocycles. The van der Waals surface area contributed by atoms with E-state index >= 15 is 0 Å². The molecule has 0 heterocycles. The third kappa shape index (κ3) is 7.05. The summed E-state index contributed by atoms with van der Waals surface area (Å²) in [6.45, 7) is 5.18. The molecule has 0 spiro atoms. The number of nitrogens with zero attached hydrogens (tertiary/aromatic N) is 1. The van der Waals surface area contributed by atoms with Crippen LogP contribution in [0.4, 0.5) is 13.2 Å². The third-order valence-corrected chi connectivity index (χ3v) is 1.95. The van der Waals surface area contributed by atoms with Crippen molar-refractivity contribution in [3.63, 3.8) is 0 Å². The van der Waals surface area contributed by atoms with Gasteiger partial charge in [-0.3, -0.25) is 9.79 Å². The van der Waals surface area contributed by atoms with Crippen LogP contribution in [0.1, 0.15) is 13.3 Å². The van der Waals surface area contributed by atoms with Gasteiger partial charge in [-0.25, -0.2) is 4.39 Å². The normalized spacial score (nSPS) is 11.0. The molecule has 0 radical (unpaired) electrons. The van der Waals surface area contributed by atoms with Gasteiger partial charge in [-0.1, -0.05) is 12.7 Å². The van der Waals surface area contributed by atoms with Crippen LogP contribution in [0.2, 0.25) is 0 Å². The van der Waals surface area contributed by atoms with Crippen LogP contribution in [0.5, 0.6) is 0 Å². The van der Waals surface area contributed by atoms with E-state index in [4.69, 9.17) is 0 Å². The predicted molar refractivity (Wildman–Crippen MR) is 60.0 cm³/mol. The van der Waals surface area contributed by atoms with E-state index in [-0.39, 0.29) is 5.03 Å². The molecule has 0 bridgehead atoms. The van der Waals surface area contributed by atoms with Gasteiger partial charge < -0.3 is 0 Å². The second-order valence-electron chi connectivity index (χ2n) is 2.51. The number of hydrogen-bond donors (Lipinski definition) is 0. The lowest BCUT2D eigenvalue weighted by atomic mass is 10.4. The van der Waals surface area contributed by atoms with E-state index < -0.39 is 23.4 Å². The van der Waals surface area contributed by atoms with Gasteiger partial charge in [0, 0.05) is 6.21 Å². The molecule has 0 aliphatic heterocycles. The van der Waals surface area contributed by atoms with Gasteiger partial charge in [-0.2, -0.15) is 8.78 Å². The molecule has 0 aliphatic carbocycles. The first kappa shape index (κ1) is 14.7. The summed E-state index contributed by atoms with van der Waals surface area (Å²) in [4.78, 5) is 14.7. The molecule has 0 saturated heterocycles. The van der Waals surface area contributed by atoms with Gasteiger partial charge in [0.25, 0.3) is 0 Å². The topological polar surface area (TPSA) is 29.4 Å². The van der Waals surface area contributed by atoms with Gasteiger partial charge in [-0.15, -0.1) is 0 Å². The minimum absolute atomic E-state index is 0.121. The largest absolute Gasteiger partial charge is 0.301 e. The molecular weight excluding hydrogens is 239 g/mol. The minimum Gasteiger partial charge on any atom is -0.286 e. The van der Waals surface area contributed by atoms with Crippen LogP contribution in [0, 0.1) is 0 Å². The molecule has 16 heavy (non-hydrogen) atoms. The van der Waals surface area contributed by atoms with Gasteiger partial charge in [-0.05, 0) is 24.8 Å². The lowest BCUT2D eigenvalue weighted by molar-refractivity contribution is -0.110. The molecule has 88 valence electrons. The van der Waals surface area contributed by atoms with E-state index in [2.05, 4.69) is 11.6 Å². The molecule has 0 unspecified atom stereocenters. The summed E-state index contributed by atoms with van der Waals surface area (Å²) in [6.07, 6.45) is 1.29. The fraction of sp³-hybridized carbons (Fsp3) is 0.200. The first-order valence-corrected chi connectivity index (χ1v) is 5.03.